The molecular weight excluding hydrogens is 446 g/mol. The highest BCUT2D eigenvalue weighted by molar-refractivity contribution is 5.92. The Hall–Kier alpha value is -4.70. The fraction of sp³-hybridized carbons (Fsp3) is 0.143. The van der Waals surface area contributed by atoms with Gasteiger partial charge in [-0.1, -0.05) is 24.3 Å². The van der Waals surface area contributed by atoms with Gasteiger partial charge in [0.05, 0.1) is 40.1 Å². The first kappa shape index (κ1) is 24.9. The third-order valence-corrected chi connectivity index (χ3v) is 5.05. The van der Waals surface area contributed by atoms with Gasteiger partial charge in [-0.3, -0.25) is 0 Å². The van der Waals surface area contributed by atoms with Crippen LogP contribution < -0.4 is 23.7 Å². The monoisotopic (exact) mass is 471 g/mol. The predicted octanol–water partition coefficient (Wildman–Crippen LogP) is 5.40. The van der Waals surface area contributed by atoms with Gasteiger partial charge in [0, 0.05) is 11.6 Å². The lowest BCUT2D eigenvalue weighted by atomic mass is 10.0. The summed E-state index contributed by atoms with van der Waals surface area (Å²) in [6.07, 6.45) is 4.63. The van der Waals surface area contributed by atoms with E-state index in [-0.39, 0.29) is 5.75 Å². The van der Waals surface area contributed by atoms with Crippen LogP contribution in [0.15, 0.2) is 66.7 Å². The molecule has 0 fully saturated rings. The maximum atomic E-state index is 12.4. The maximum absolute atomic E-state index is 12.4. The van der Waals surface area contributed by atoms with E-state index in [1.807, 2.05) is 18.2 Å². The second kappa shape index (κ2) is 12.0. The molecule has 0 saturated carbocycles. The molecule has 35 heavy (non-hydrogen) atoms. The van der Waals surface area contributed by atoms with Crippen LogP contribution in [0.5, 0.6) is 28.7 Å². The summed E-state index contributed by atoms with van der Waals surface area (Å²) in [5.41, 5.74) is 2.54. The number of nitrogens with zero attached hydrogens (tertiary/aromatic N) is 1. The van der Waals surface area contributed by atoms with Gasteiger partial charge < -0.3 is 23.7 Å². The number of benzene rings is 3. The zero-order valence-corrected chi connectivity index (χ0v) is 19.9. The van der Waals surface area contributed by atoms with E-state index in [1.165, 1.54) is 13.2 Å². The number of esters is 1. The van der Waals surface area contributed by atoms with Gasteiger partial charge in [-0.25, -0.2) is 4.79 Å². The first-order chi connectivity index (χ1) is 17.0. The lowest BCUT2D eigenvalue weighted by Gasteiger charge is -2.10. The van der Waals surface area contributed by atoms with Crippen molar-refractivity contribution in [3.8, 4) is 34.8 Å². The molecule has 0 aromatic heterocycles. The molecule has 7 nitrogen and oxygen atoms in total. The molecule has 0 atom stereocenters. The molecule has 3 aromatic rings. The largest absolute Gasteiger partial charge is 0.496 e. The third kappa shape index (κ3) is 6.21. The molecule has 0 saturated heterocycles. The highest BCUT2D eigenvalue weighted by Gasteiger charge is 2.12. The van der Waals surface area contributed by atoms with Crippen molar-refractivity contribution in [3.05, 3.63) is 83.4 Å². The van der Waals surface area contributed by atoms with E-state index >= 15 is 0 Å². The van der Waals surface area contributed by atoms with Crippen molar-refractivity contribution in [2.24, 2.45) is 0 Å². The lowest BCUT2D eigenvalue weighted by Crippen LogP contribution is -2.05. The van der Waals surface area contributed by atoms with Crippen LogP contribution in [0.3, 0.4) is 0 Å². The first-order valence-corrected chi connectivity index (χ1v) is 10.6. The normalized spacial score (nSPS) is 11.0. The lowest BCUT2D eigenvalue weighted by molar-refractivity contribution is -0.129. The Morgan fingerprint density at radius 1 is 0.743 bits per heavy atom. The fourth-order valence-corrected chi connectivity index (χ4v) is 3.33. The van der Waals surface area contributed by atoms with Gasteiger partial charge in [0.1, 0.15) is 5.75 Å². The van der Waals surface area contributed by atoms with Crippen molar-refractivity contribution in [3.63, 3.8) is 0 Å². The number of carbonyl (C=O) groups is 1. The summed E-state index contributed by atoms with van der Waals surface area (Å²) in [4.78, 5) is 12.4. The van der Waals surface area contributed by atoms with E-state index in [4.69, 9.17) is 23.7 Å². The van der Waals surface area contributed by atoms with Crippen LogP contribution >= 0.6 is 0 Å². The Bertz CT molecular complexity index is 1300. The van der Waals surface area contributed by atoms with E-state index in [2.05, 4.69) is 6.07 Å². The molecular formula is C28H25NO6. The molecule has 0 aliphatic carbocycles. The molecule has 7 heteroatoms. The number of hydrogen-bond acceptors (Lipinski definition) is 7. The third-order valence-electron chi connectivity index (χ3n) is 5.05. The van der Waals surface area contributed by atoms with Crippen molar-refractivity contribution >= 4 is 23.7 Å². The molecule has 0 amide bonds. The van der Waals surface area contributed by atoms with Crippen molar-refractivity contribution in [2.45, 2.75) is 0 Å². The fourth-order valence-electron chi connectivity index (χ4n) is 3.33. The molecule has 0 heterocycles. The second-order valence-corrected chi connectivity index (χ2v) is 7.15. The molecule has 3 aromatic carbocycles. The first-order valence-electron chi connectivity index (χ1n) is 10.6. The van der Waals surface area contributed by atoms with Crippen LogP contribution in [-0.4, -0.2) is 34.4 Å². The minimum absolute atomic E-state index is 0.252. The number of carbonyl (C=O) groups excluding carboxylic acids is 1. The Labute approximate surface area is 204 Å². The molecule has 0 spiro atoms. The second-order valence-electron chi connectivity index (χ2n) is 7.15. The van der Waals surface area contributed by atoms with E-state index < -0.39 is 5.97 Å². The number of rotatable bonds is 9. The molecule has 0 N–H and O–H groups in total. The van der Waals surface area contributed by atoms with Gasteiger partial charge in [0.25, 0.3) is 0 Å². The molecule has 0 unspecified atom stereocenters. The van der Waals surface area contributed by atoms with Crippen molar-refractivity contribution < 1.29 is 28.5 Å². The summed E-state index contributed by atoms with van der Waals surface area (Å²) in [6, 6.07) is 19.8. The minimum Gasteiger partial charge on any atom is -0.496 e. The van der Waals surface area contributed by atoms with E-state index in [0.717, 1.165) is 5.56 Å². The number of methoxy groups -OCH3 is 4. The SMILES string of the molecule is COc1ccc(/C=C/C(=O)Oc2ccc(/C=C(/C#N)c3ccccc3OC)cc2OC)cc1OC. The van der Waals surface area contributed by atoms with Gasteiger partial charge >= 0.3 is 5.97 Å². The molecule has 0 aliphatic heterocycles. The Morgan fingerprint density at radius 3 is 2.03 bits per heavy atom. The molecule has 3 rings (SSSR count). The average molecular weight is 472 g/mol. The zero-order chi connectivity index (χ0) is 25.2. The Balaban J connectivity index is 1.79. The van der Waals surface area contributed by atoms with Crippen LogP contribution in [0.2, 0.25) is 0 Å². The average Bonchev–Trinajstić information content (AvgIpc) is 2.90. The summed E-state index contributed by atoms with van der Waals surface area (Å²) in [6.45, 7) is 0. The summed E-state index contributed by atoms with van der Waals surface area (Å²) in [5, 5.41) is 9.68. The van der Waals surface area contributed by atoms with Gasteiger partial charge in [-0.2, -0.15) is 5.26 Å². The number of hydrogen-bond donors (Lipinski definition) is 0. The highest BCUT2D eigenvalue weighted by Crippen LogP contribution is 2.32. The van der Waals surface area contributed by atoms with Crippen LogP contribution in [0.1, 0.15) is 16.7 Å². The number of allylic oxidation sites excluding steroid dienone is 1. The van der Waals surface area contributed by atoms with Crippen molar-refractivity contribution in [1.29, 1.82) is 5.26 Å². The predicted molar refractivity (Wildman–Crippen MR) is 134 cm³/mol. The minimum atomic E-state index is -0.576. The molecule has 0 aliphatic rings. The van der Waals surface area contributed by atoms with Gasteiger partial charge in [-0.05, 0) is 59.7 Å². The van der Waals surface area contributed by atoms with Gasteiger partial charge in [-0.15, -0.1) is 0 Å². The molecule has 178 valence electrons. The zero-order valence-electron chi connectivity index (χ0n) is 19.9. The van der Waals surface area contributed by atoms with E-state index in [0.29, 0.717) is 39.7 Å². The van der Waals surface area contributed by atoms with Crippen LogP contribution in [-0.2, 0) is 4.79 Å². The summed E-state index contributed by atoms with van der Waals surface area (Å²) >= 11 is 0. The Morgan fingerprint density at radius 2 is 1.34 bits per heavy atom. The summed E-state index contributed by atoms with van der Waals surface area (Å²) < 4.78 is 26.7. The van der Waals surface area contributed by atoms with E-state index in [9.17, 15) is 10.1 Å². The van der Waals surface area contributed by atoms with Gasteiger partial charge in [0.15, 0.2) is 23.0 Å². The van der Waals surface area contributed by atoms with Crippen molar-refractivity contribution in [1.82, 2.24) is 0 Å². The van der Waals surface area contributed by atoms with Gasteiger partial charge in [0.2, 0.25) is 0 Å². The Kier molecular flexibility index (Phi) is 8.52. The summed E-state index contributed by atoms with van der Waals surface area (Å²) in [5.74, 6) is 1.77. The van der Waals surface area contributed by atoms with Crippen LogP contribution in [0.25, 0.3) is 17.7 Å². The highest BCUT2D eigenvalue weighted by atomic mass is 16.6. The maximum Gasteiger partial charge on any atom is 0.336 e. The number of nitriles is 1. The number of para-hydroxylation sites is 1. The quantitative estimate of drug-likeness (QED) is 0.136. The standard InChI is InChI=1S/C28H25NO6/c1-31-23-8-6-5-7-22(23)21(18-29)15-20-10-13-25(27(17-20)34-4)35-28(30)14-11-19-9-12-24(32-2)26(16-19)33-3/h5-17H,1-4H3/b14-11+,21-15-. The van der Waals surface area contributed by atoms with Crippen LogP contribution in [0.4, 0.5) is 0 Å². The summed E-state index contributed by atoms with van der Waals surface area (Å²) in [7, 11) is 6.13. The number of ether oxygens (including phenoxy) is 5. The smallest absolute Gasteiger partial charge is 0.336 e. The molecule has 0 bridgehead atoms. The molecule has 0 radical (unpaired) electrons. The van der Waals surface area contributed by atoms with Crippen LogP contribution in [0, 0.1) is 11.3 Å². The van der Waals surface area contributed by atoms with Crippen molar-refractivity contribution in [2.75, 3.05) is 28.4 Å². The van der Waals surface area contributed by atoms with E-state index in [1.54, 1.807) is 75.9 Å². The topological polar surface area (TPSA) is 87.0 Å².